The summed E-state index contributed by atoms with van der Waals surface area (Å²) in [7, 11) is 0. The average molecular weight is 475 g/mol. The number of benzene rings is 2. The lowest BCUT2D eigenvalue weighted by Gasteiger charge is -2.38. The number of amides is 4. The number of anilines is 2. The van der Waals surface area contributed by atoms with E-state index in [1.165, 1.54) is 29.2 Å². The SMILES string of the molecule is CC(C)(C)OC(=O)N1CCC(N(C(=O)Nc2ccc(F)c(C(N)=O)c2)c2cccc(F)c2)CC1. The van der Waals surface area contributed by atoms with Crippen molar-refractivity contribution in [2.24, 2.45) is 5.73 Å². The average Bonchev–Trinajstić information content (AvgIpc) is 2.74. The minimum atomic E-state index is -0.967. The van der Waals surface area contributed by atoms with Crippen molar-refractivity contribution in [3.05, 3.63) is 59.7 Å². The molecule has 182 valence electrons. The third-order valence-corrected chi connectivity index (χ3v) is 5.27. The third-order valence-electron chi connectivity index (χ3n) is 5.27. The second-order valence-corrected chi connectivity index (χ2v) is 9.04. The molecule has 1 aliphatic heterocycles. The summed E-state index contributed by atoms with van der Waals surface area (Å²) in [5.74, 6) is -2.29. The summed E-state index contributed by atoms with van der Waals surface area (Å²) in [5, 5.41) is 2.63. The van der Waals surface area contributed by atoms with Crippen molar-refractivity contribution in [1.82, 2.24) is 4.90 Å². The summed E-state index contributed by atoms with van der Waals surface area (Å²) < 4.78 is 33.2. The van der Waals surface area contributed by atoms with Crippen LogP contribution in [0.4, 0.5) is 29.7 Å². The molecule has 0 unspecified atom stereocenters. The van der Waals surface area contributed by atoms with Crippen LogP contribution in [0.2, 0.25) is 0 Å². The lowest BCUT2D eigenvalue weighted by atomic mass is 10.0. The number of nitrogens with zero attached hydrogens (tertiary/aromatic N) is 2. The Balaban J connectivity index is 1.80. The number of piperidine rings is 1. The van der Waals surface area contributed by atoms with E-state index >= 15 is 0 Å². The molecule has 4 amide bonds. The summed E-state index contributed by atoms with van der Waals surface area (Å²) in [4.78, 5) is 40.1. The molecule has 1 heterocycles. The van der Waals surface area contributed by atoms with Crippen molar-refractivity contribution in [1.29, 1.82) is 0 Å². The van der Waals surface area contributed by atoms with E-state index in [1.54, 1.807) is 31.7 Å². The molecule has 0 radical (unpaired) electrons. The van der Waals surface area contributed by atoms with E-state index in [-0.39, 0.29) is 17.3 Å². The van der Waals surface area contributed by atoms with E-state index in [1.807, 2.05) is 0 Å². The van der Waals surface area contributed by atoms with Crippen molar-refractivity contribution in [3.63, 3.8) is 0 Å². The van der Waals surface area contributed by atoms with Crippen molar-refractivity contribution >= 4 is 29.4 Å². The molecule has 10 heteroatoms. The largest absolute Gasteiger partial charge is 0.444 e. The van der Waals surface area contributed by atoms with Crippen molar-refractivity contribution in [2.75, 3.05) is 23.3 Å². The molecule has 34 heavy (non-hydrogen) atoms. The molecule has 3 rings (SSSR count). The summed E-state index contributed by atoms with van der Waals surface area (Å²) in [6.45, 7) is 6.05. The molecule has 3 N–H and O–H groups in total. The molecule has 1 aliphatic rings. The number of urea groups is 1. The highest BCUT2D eigenvalue weighted by molar-refractivity contribution is 6.03. The van der Waals surface area contributed by atoms with Gasteiger partial charge in [0.05, 0.1) is 5.56 Å². The Bertz CT molecular complexity index is 1080. The number of carbonyl (C=O) groups excluding carboxylic acids is 3. The number of ether oxygens (including phenoxy) is 1. The molecular weight excluding hydrogens is 446 g/mol. The standard InChI is InChI=1S/C24H28F2N4O4/c1-24(2,3)34-23(33)29-11-9-17(10-12-29)30(18-6-4-5-15(25)13-18)22(32)28-16-7-8-20(26)19(14-16)21(27)31/h4-8,13-14,17H,9-12H2,1-3H3,(H2,27,31)(H,28,32). The fraction of sp³-hybridized carbons (Fsp3) is 0.375. The third kappa shape index (κ3) is 6.21. The maximum Gasteiger partial charge on any atom is 0.410 e. The number of primary amides is 1. The Morgan fingerprint density at radius 1 is 1.09 bits per heavy atom. The molecule has 1 saturated heterocycles. The summed E-state index contributed by atoms with van der Waals surface area (Å²) >= 11 is 0. The van der Waals surface area contributed by atoms with Crippen LogP contribution in [0.5, 0.6) is 0 Å². The Morgan fingerprint density at radius 2 is 1.76 bits per heavy atom. The van der Waals surface area contributed by atoms with Gasteiger partial charge < -0.3 is 20.7 Å². The van der Waals surface area contributed by atoms with E-state index < -0.39 is 35.3 Å². The monoisotopic (exact) mass is 474 g/mol. The molecule has 2 aromatic carbocycles. The number of nitrogens with two attached hydrogens (primary N) is 1. The first-order valence-electron chi connectivity index (χ1n) is 10.9. The number of hydrogen-bond donors (Lipinski definition) is 2. The predicted molar refractivity (Wildman–Crippen MR) is 124 cm³/mol. The molecule has 0 saturated carbocycles. The minimum Gasteiger partial charge on any atom is -0.444 e. The highest BCUT2D eigenvalue weighted by Gasteiger charge is 2.32. The maximum absolute atomic E-state index is 14.0. The smallest absolute Gasteiger partial charge is 0.410 e. The first-order valence-corrected chi connectivity index (χ1v) is 10.9. The molecule has 0 bridgehead atoms. The minimum absolute atomic E-state index is 0.160. The van der Waals surface area contributed by atoms with Crippen LogP contribution in [0.1, 0.15) is 44.0 Å². The molecular formula is C24H28F2N4O4. The second-order valence-electron chi connectivity index (χ2n) is 9.04. The van der Waals surface area contributed by atoms with Crippen molar-refractivity contribution < 1.29 is 27.9 Å². The lowest BCUT2D eigenvalue weighted by molar-refractivity contribution is 0.0206. The van der Waals surface area contributed by atoms with Gasteiger partial charge in [-0.15, -0.1) is 0 Å². The Hall–Kier alpha value is -3.69. The highest BCUT2D eigenvalue weighted by Crippen LogP contribution is 2.27. The summed E-state index contributed by atoms with van der Waals surface area (Å²) in [6.07, 6.45) is 0.427. The topological polar surface area (TPSA) is 105 Å². The van der Waals surface area contributed by atoms with E-state index in [2.05, 4.69) is 5.32 Å². The zero-order valence-electron chi connectivity index (χ0n) is 19.3. The summed E-state index contributed by atoms with van der Waals surface area (Å²) in [6, 6.07) is 8.12. The van der Waals surface area contributed by atoms with Gasteiger partial charge in [-0.05, 0) is 70.0 Å². The molecule has 1 fully saturated rings. The number of nitrogens with one attached hydrogen (secondary N) is 1. The van der Waals surface area contributed by atoms with Gasteiger partial charge in [0, 0.05) is 30.5 Å². The van der Waals surface area contributed by atoms with Crippen LogP contribution in [0.25, 0.3) is 0 Å². The number of carbonyl (C=O) groups is 3. The van der Waals surface area contributed by atoms with Crippen molar-refractivity contribution in [3.8, 4) is 0 Å². The Morgan fingerprint density at radius 3 is 2.35 bits per heavy atom. The Kier molecular flexibility index (Phi) is 7.38. The van der Waals surface area contributed by atoms with Gasteiger partial charge in [-0.3, -0.25) is 9.69 Å². The van der Waals surface area contributed by atoms with Gasteiger partial charge >= 0.3 is 12.1 Å². The van der Waals surface area contributed by atoms with E-state index in [4.69, 9.17) is 10.5 Å². The van der Waals surface area contributed by atoms with Gasteiger partial charge in [0.1, 0.15) is 17.2 Å². The van der Waals surface area contributed by atoms with Crippen LogP contribution in [-0.2, 0) is 4.74 Å². The van der Waals surface area contributed by atoms with Crippen molar-refractivity contribution in [2.45, 2.75) is 45.3 Å². The second kappa shape index (κ2) is 10.1. The molecule has 8 nitrogen and oxygen atoms in total. The fourth-order valence-corrected chi connectivity index (χ4v) is 3.73. The quantitative estimate of drug-likeness (QED) is 0.681. The van der Waals surface area contributed by atoms with Crippen LogP contribution < -0.4 is 16.0 Å². The normalized spacial score (nSPS) is 14.4. The molecule has 0 aliphatic carbocycles. The van der Waals surface area contributed by atoms with Gasteiger partial charge in [0.15, 0.2) is 0 Å². The van der Waals surface area contributed by atoms with Gasteiger partial charge in [0.2, 0.25) is 0 Å². The zero-order valence-corrected chi connectivity index (χ0v) is 19.3. The van der Waals surface area contributed by atoms with Gasteiger partial charge in [-0.2, -0.15) is 0 Å². The van der Waals surface area contributed by atoms with Gasteiger partial charge in [-0.1, -0.05) is 6.07 Å². The molecule has 0 aromatic heterocycles. The van der Waals surface area contributed by atoms with E-state index in [0.717, 1.165) is 12.1 Å². The van der Waals surface area contributed by atoms with Gasteiger partial charge in [-0.25, -0.2) is 18.4 Å². The first kappa shape index (κ1) is 24.9. The molecule has 0 atom stereocenters. The maximum atomic E-state index is 14.0. The first-order chi connectivity index (χ1) is 15.9. The molecule has 2 aromatic rings. The Labute approximate surface area is 196 Å². The number of likely N-dealkylation sites (tertiary alicyclic amines) is 1. The lowest BCUT2D eigenvalue weighted by Crippen LogP contribution is -2.51. The van der Waals surface area contributed by atoms with Crippen LogP contribution in [0, 0.1) is 11.6 Å². The fourth-order valence-electron chi connectivity index (χ4n) is 3.73. The van der Waals surface area contributed by atoms with Crippen LogP contribution >= 0.6 is 0 Å². The number of hydrogen-bond acceptors (Lipinski definition) is 4. The van der Waals surface area contributed by atoms with E-state index in [9.17, 15) is 23.2 Å². The highest BCUT2D eigenvalue weighted by atomic mass is 19.1. The van der Waals surface area contributed by atoms with Crippen LogP contribution in [0.3, 0.4) is 0 Å². The predicted octanol–water partition coefficient (Wildman–Crippen LogP) is 4.50. The van der Waals surface area contributed by atoms with Gasteiger partial charge in [0.25, 0.3) is 5.91 Å². The van der Waals surface area contributed by atoms with Crippen LogP contribution in [0.15, 0.2) is 42.5 Å². The summed E-state index contributed by atoms with van der Waals surface area (Å²) in [5.41, 5.74) is 4.69. The number of halogens is 2. The van der Waals surface area contributed by atoms with E-state index in [0.29, 0.717) is 31.6 Å². The number of rotatable bonds is 4. The molecule has 0 spiro atoms. The zero-order chi connectivity index (χ0) is 25.0. The van der Waals surface area contributed by atoms with Crippen LogP contribution in [-0.4, -0.2) is 47.7 Å².